The van der Waals surface area contributed by atoms with Gasteiger partial charge in [-0.25, -0.2) is 0 Å². The average Bonchev–Trinajstić information content (AvgIpc) is 2.98. The van der Waals surface area contributed by atoms with Gasteiger partial charge >= 0.3 is 5.97 Å². The molecule has 4 nitrogen and oxygen atoms in total. The molecule has 0 saturated carbocycles. The zero-order valence-corrected chi connectivity index (χ0v) is 17.9. The lowest BCUT2D eigenvalue weighted by molar-refractivity contribution is -0.144. The van der Waals surface area contributed by atoms with Crippen molar-refractivity contribution in [1.29, 1.82) is 0 Å². The third-order valence-electron chi connectivity index (χ3n) is 7.35. The summed E-state index contributed by atoms with van der Waals surface area (Å²) in [5.41, 5.74) is 0.00452. The van der Waals surface area contributed by atoms with Crippen LogP contribution >= 0.6 is 0 Å². The second-order valence-electron chi connectivity index (χ2n) is 9.81. The van der Waals surface area contributed by atoms with Crippen molar-refractivity contribution in [3.63, 3.8) is 0 Å². The van der Waals surface area contributed by atoms with Gasteiger partial charge in [0.2, 0.25) is 0 Å². The van der Waals surface area contributed by atoms with Crippen LogP contribution in [0.2, 0.25) is 18.1 Å². The van der Waals surface area contributed by atoms with Gasteiger partial charge in [-0.05, 0) is 69.7 Å². The molecule has 3 aliphatic rings. The second-order valence-corrected chi connectivity index (χ2v) is 14.6. The summed E-state index contributed by atoms with van der Waals surface area (Å²) < 4.78 is 12.3. The predicted octanol–water partition coefficient (Wildman–Crippen LogP) is 4.35. The van der Waals surface area contributed by atoms with Crippen LogP contribution in [0.5, 0.6) is 0 Å². The van der Waals surface area contributed by atoms with Gasteiger partial charge in [0.05, 0.1) is 11.5 Å². The van der Waals surface area contributed by atoms with Crippen LogP contribution in [-0.2, 0) is 14.0 Å². The number of hydrogen-bond acceptors (Lipinski definition) is 4. The molecule has 0 aromatic rings. The molecule has 25 heavy (non-hydrogen) atoms. The zero-order chi connectivity index (χ0) is 18.3. The van der Waals surface area contributed by atoms with Gasteiger partial charge in [-0.1, -0.05) is 27.2 Å². The van der Waals surface area contributed by atoms with E-state index in [1.165, 1.54) is 19.3 Å². The normalized spacial score (nSPS) is 33.7. The topological polar surface area (TPSA) is 38.8 Å². The van der Waals surface area contributed by atoms with E-state index in [2.05, 4.69) is 38.8 Å². The lowest BCUT2D eigenvalue weighted by Crippen LogP contribution is -2.54. The lowest BCUT2D eigenvalue weighted by atomic mass is 9.76. The molecule has 3 atom stereocenters. The molecule has 3 saturated heterocycles. The number of carbonyl (C=O) groups is 1. The zero-order valence-electron chi connectivity index (χ0n) is 16.9. The molecular weight excluding hydrogens is 330 g/mol. The molecule has 1 spiro atoms. The highest BCUT2D eigenvalue weighted by molar-refractivity contribution is 6.74. The number of nitrogens with zero attached hydrogens (tertiary/aromatic N) is 1. The molecule has 0 amide bonds. The smallest absolute Gasteiger partial charge is 0.311 e. The third kappa shape index (κ3) is 3.44. The van der Waals surface area contributed by atoms with Gasteiger partial charge in [0, 0.05) is 6.61 Å². The van der Waals surface area contributed by atoms with E-state index < -0.39 is 8.32 Å². The van der Waals surface area contributed by atoms with Crippen LogP contribution in [0.1, 0.15) is 65.7 Å². The molecule has 0 aromatic carbocycles. The Morgan fingerprint density at radius 1 is 1.24 bits per heavy atom. The molecule has 0 aromatic heterocycles. The van der Waals surface area contributed by atoms with Crippen molar-refractivity contribution in [1.82, 2.24) is 4.90 Å². The summed E-state index contributed by atoms with van der Waals surface area (Å²) in [4.78, 5) is 15.2. The van der Waals surface area contributed by atoms with Crippen LogP contribution in [0.15, 0.2) is 0 Å². The van der Waals surface area contributed by atoms with Gasteiger partial charge in [0.25, 0.3) is 0 Å². The quantitative estimate of drug-likeness (QED) is 0.411. The Hall–Kier alpha value is -0.393. The molecule has 0 bridgehead atoms. The van der Waals surface area contributed by atoms with Crippen LogP contribution in [0, 0.1) is 5.92 Å². The highest BCUT2D eigenvalue weighted by Crippen LogP contribution is 2.50. The Morgan fingerprint density at radius 2 is 1.96 bits per heavy atom. The highest BCUT2D eigenvalue weighted by atomic mass is 28.4. The van der Waals surface area contributed by atoms with Gasteiger partial charge < -0.3 is 9.16 Å². The first-order valence-corrected chi connectivity index (χ1v) is 13.2. The van der Waals surface area contributed by atoms with E-state index in [0.717, 1.165) is 45.4 Å². The Balaban J connectivity index is 1.62. The van der Waals surface area contributed by atoms with Crippen molar-refractivity contribution in [2.75, 3.05) is 19.7 Å². The SMILES string of the molecule is CC(C)(C)[Si](C)(C)OCCCC1OC(=O)[C@@H]2CCCCN3CCC[C@@]123. The molecule has 144 valence electrons. The summed E-state index contributed by atoms with van der Waals surface area (Å²) in [6.07, 6.45) is 7.79. The maximum absolute atomic E-state index is 12.6. The summed E-state index contributed by atoms with van der Waals surface area (Å²) >= 11 is 0. The molecule has 0 N–H and O–H groups in total. The average molecular weight is 368 g/mol. The number of rotatable bonds is 5. The molecule has 0 radical (unpaired) electrons. The van der Waals surface area contributed by atoms with Crippen molar-refractivity contribution in [3.8, 4) is 0 Å². The third-order valence-corrected chi connectivity index (χ3v) is 11.9. The fourth-order valence-corrected chi connectivity index (χ4v) is 5.98. The standard InChI is InChI=1S/C20H37NO3Si/c1-19(2,3)25(4,5)23-15-8-11-17-20-12-9-14-21(20)13-7-6-10-16(20)18(22)24-17/h16-17H,6-15H2,1-5H3/t16-,17?,20-/m0/s1. The molecule has 3 rings (SSSR count). The van der Waals surface area contributed by atoms with E-state index in [1.807, 2.05) is 0 Å². The van der Waals surface area contributed by atoms with E-state index in [4.69, 9.17) is 9.16 Å². The second kappa shape index (κ2) is 6.97. The monoisotopic (exact) mass is 367 g/mol. The summed E-state index contributed by atoms with van der Waals surface area (Å²) in [6.45, 7) is 14.5. The first-order valence-electron chi connectivity index (χ1n) is 10.3. The van der Waals surface area contributed by atoms with Crippen molar-refractivity contribution >= 4 is 14.3 Å². The highest BCUT2D eigenvalue weighted by Gasteiger charge is 2.61. The minimum absolute atomic E-state index is 0.00452. The minimum Gasteiger partial charge on any atom is -0.460 e. The van der Waals surface area contributed by atoms with Gasteiger partial charge in [-0.2, -0.15) is 0 Å². The van der Waals surface area contributed by atoms with E-state index in [-0.39, 0.29) is 28.6 Å². The van der Waals surface area contributed by atoms with E-state index in [1.54, 1.807) is 0 Å². The summed E-state index contributed by atoms with van der Waals surface area (Å²) in [6, 6.07) is 0. The van der Waals surface area contributed by atoms with Gasteiger partial charge in [-0.3, -0.25) is 9.69 Å². The van der Waals surface area contributed by atoms with E-state index in [0.29, 0.717) is 0 Å². The van der Waals surface area contributed by atoms with Crippen LogP contribution in [0.25, 0.3) is 0 Å². The molecule has 3 heterocycles. The summed E-state index contributed by atoms with van der Waals surface area (Å²) in [7, 11) is -1.68. The van der Waals surface area contributed by atoms with Gasteiger partial charge in [-0.15, -0.1) is 0 Å². The van der Waals surface area contributed by atoms with Crippen LogP contribution in [0.4, 0.5) is 0 Å². The molecule has 3 aliphatic heterocycles. The van der Waals surface area contributed by atoms with E-state index >= 15 is 0 Å². The van der Waals surface area contributed by atoms with Crippen molar-refractivity contribution in [2.24, 2.45) is 5.92 Å². The van der Waals surface area contributed by atoms with Gasteiger partial charge in [0.1, 0.15) is 6.10 Å². The largest absolute Gasteiger partial charge is 0.460 e. The van der Waals surface area contributed by atoms with Crippen LogP contribution < -0.4 is 0 Å². The molecule has 0 aliphatic carbocycles. The first-order chi connectivity index (χ1) is 11.7. The molecule has 3 fully saturated rings. The van der Waals surface area contributed by atoms with E-state index in [9.17, 15) is 4.79 Å². The molecule has 5 heteroatoms. The first kappa shape index (κ1) is 19.4. The van der Waals surface area contributed by atoms with Crippen LogP contribution in [0.3, 0.4) is 0 Å². The number of carbonyl (C=O) groups excluding carboxylic acids is 1. The Labute approximate surface area is 154 Å². The predicted molar refractivity (Wildman–Crippen MR) is 103 cm³/mol. The Bertz CT molecular complexity index is 502. The number of esters is 1. The number of hydrogen-bond donors (Lipinski definition) is 0. The van der Waals surface area contributed by atoms with Gasteiger partial charge in [0.15, 0.2) is 8.32 Å². The number of ether oxygens (including phenoxy) is 1. The Morgan fingerprint density at radius 3 is 2.68 bits per heavy atom. The maximum Gasteiger partial charge on any atom is 0.311 e. The number of cyclic esters (lactones) is 1. The fourth-order valence-electron chi connectivity index (χ4n) is 4.89. The maximum atomic E-state index is 12.6. The van der Waals surface area contributed by atoms with Crippen molar-refractivity contribution < 1.29 is 14.0 Å². The minimum atomic E-state index is -1.68. The summed E-state index contributed by atoms with van der Waals surface area (Å²) in [5.74, 6) is 0.188. The lowest BCUT2D eigenvalue weighted by Gasteiger charge is -2.40. The molecular formula is C20H37NO3Si. The Kier molecular flexibility index (Phi) is 5.40. The fraction of sp³-hybridized carbons (Fsp3) is 0.950. The van der Waals surface area contributed by atoms with Crippen molar-refractivity contribution in [2.45, 2.75) is 95.5 Å². The van der Waals surface area contributed by atoms with Crippen molar-refractivity contribution in [3.05, 3.63) is 0 Å². The summed E-state index contributed by atoms with van der Waals surface area (Å²) in [5, 5.41) is 0.250. The molecule has 1 unspecified atom stereocenters. The van der Waals surface area contributed by atoms with Crippen LogP contribution in [-0.4, -0.2) is 50.5 Å².